The van der Waals surface area contributed by atoms with E-state index in [2.05, 4.69) is 60.3 Å². The van der Waals surface area contributed by atoms with E-state index in [1.165, 1.54) is 0 Å². The van der Waals surface area contributed by atoms with Crippen LogP contribution in [0.3, 0.4) is 0 Å². The third-order valence-electron chi connectivity index (χ3n) is 4.40. The molecular weight excluding hydrogens is 444 g/mol. The molecule has 0 heterocycles. The molecule has 0 radical (unpaired) electrons. The van der Waals surface area contributed by atoms with Crippen molar-refractivity contribution in [3.63, 3.8) is 0 Å². The molecule has 1 aromatic rings. The standard InChI is InChI=1S/C28H32F4O2/c1-2-3-4-5-6-7-8-9-10-11-12-13-14-15-16-17-18-19-20-21-25(33)34-28-26(31)23(29)22-24(30)27(28)32/h3-4,6-7,9-10,12-13,15-16,18-19,22H,2,5,8,11,14,17,20-21H2,1H3/b4-3-,7-6-,10-9-,13-12-,16-15-,19-18-. The number of allylic oxidation sites excluding steroid dienone is 12. The minimum absolute atomic E-state index is 0.0548. The van der Waals surface area contributed by atoms with E-state index in [0.29, 0.717) is 6.42 Å². The Morgan fingerprint density at radius 1 is 0.676 bits per heavy atom. The normalized spacial score (nSPS) is 12.6. The Hall–Kier alpha value is -3.15. The molecule has 0 saturated heterocycles. The molecule has 0 atom stereocenters. The highest BCUT2D eigenvalue weighted by Gasteiger charge is 2.22. The van der Waals surface area contributed by atoms with Gasteiger partial charge in [0, 0.05) is 12.5 Å². The first-order valence-electron chi connectivity index (χ1n) is 11.4. The summed E-state index contributed by atoms with van der Waals surface area (Å²) in [5, 5.41) is 0. The van der Waals surface area contributed by atoms with Gasteiger partial charge in [0.25, 0.3) is 0 Å². The van der Waals surface area contributed by atoms with Crippen molar-refractivity contribution in [1.82, 2.24) is 0 Å². The Balaban J connectivity index is 2.15. The van der Waals surface area contributed by atoms with E-state index in [1.54, 1.807) is 6.08 Å². The Morgan fingerprint density at radius 2 is 1.06 bits per heavy atom. The van der Waals surface area contributed by atoms with E-state index in [1.807, 2.05) is 18.2 Å². The summed E-state index contributed by atoms with van der Waals surface area (Å²) < 4.78 is 57.6. The van der Waals surface area contributed by atoms with Crippen LogP contribution in [0, 0.1) is 23.3 Å². The maximum atomic E-state index is 13.5. The predicted octanol–water partition coefficient (Wildman–Crippen LogP) is 8.63. The van der Waals surface area contributed by atoms with Crippen molar-refractivity contribution in [3.8, 4) is 5.75 Å². The fourth-order valence-electron chi connectivity index (χ4n) is 2.65. The van der Waals surface area contributed by atoms with Crippen LogP contribution < -0.4 is 4.74 Å². The fourth-order valence-corrected chi connectivity index (χ4v) is 2.65. The van der Waals surface area contributed by atoms with Crippen molar-refractivity contribution in [2.75, 3.05) is 0 Å². The number of ether oxygens (including phenoxy) is 1. The highest BCUT2D eigenvalue weighted by atomic mass is 19.2. The second-order valence-corrected chi connectivity index (χ2v) is 7.23. The number of rotatable bonds is 15. The molecule has 0 bridgehead atoms. The summed E-state index contributed by atoms with van der Waals surface area (Å²) in [4.78, 5) is 11.7. The highest BCUT2D eigenvalue weighted by molar-refractivity contribution is 5.72. The van der Waals surface area contributed by atoms with Gasteiger partial charge >= 0.3 is 5.97 Å². The number of halogens is 4. The molecule has 0 aliphatic carbocycles. The van der Waals surface area contributed by atoms with Gasteiger partial charge in [-0.1, -0.05) is 79.8 Å². The van der Waals surface area contributed by atoms with Gasteiger partial charge in [-0.15, -0.1) is 0 Å². The van der Waals surface area contributed by atoms with Crippen molar-refractivity contribution in [1.29, 1.82) is 0 Å². The molecule has 184 valence electrons. The molecule has 0 saturated carbocycles. The molecule has 0 aromatic heterocycles. The van der Waals surface area contributed by atoms with E-state index in [-0.39, 0.29) is 18.9 Å². The number of carbonyl (C=O) groups excluding carboxylic acids is 1. The van der Waals surface area contributed by atoms with Crippen LogP contribution in [-0.4, -0.2) is 5.97 Å². The van der Waals surface area contributed by atoms with Crippen molar-refractivity contribution in [3.05, 3.63) is 102 Å². The van der Waals surface area contributed by atoms with Crippen LogP contribution in [0.25, 0.3) is 0 Å². The second kappa shape index (κ2) is 18.3. The van der Waals surface area contributed by atoms with Crippen LogP contribution in [0.15, 0.2) is 79.0 Å². The largest absolute Gasteiger partial charge is 0.420 e. The Kier molecular flexibility index (Phi) is 15.5. The lowest BCUT2D eigenvalue weighted by molar-refractivity contribution is -0.134. The molecule has 0 aliphatic rings. The van der Waals surface area contributed by atoms with Gasteiger partial charge in [-0.3, -0.25) is 4.79 Å². The first-order valence-corrected chi connectivity index (χ1v) is 11.4. The van der Waals surface area contributed by atoms with E-state index < -0.39 is 35.0 Å². The van der Waals surface area contributed by atoms with Crippen molar-refractivity contribution >= 4 is 5.97 Å². The zero-order valence-corrected chi connectivity index (χ0v) is 19.5. The molecular formula is C28H32F4O2. The zero-order chi connectivity index (χ0) is 25.0. The van der Waals surface area contributed by atoms with Crippen molar-refractivity contribution in [2.45, 2.75) is 58.3 Å². The lowest BCUT2D eigenvalue weighted by atomic mass is 10.2. The van der Waals surface area contributed by atoms with Crippen LogP contribution in [-0.2, 0) is 4.79 Å². The number of benzene rings is 1. The fraction of sp³-hybridized carbons (Fsp3) is 0.321. The van der Waals surface area contributed by atoms with Gasteiger partial charge in [-0.2, -0.15) is 8.78 Å². The SMILES string of the molecule is CC/C=C\C/C=C\C/C=C\C/C=C\C/C=C\C/C=C\CCC(=O)Oc1c(F)c(F)cc(F)c1F. The zero-order valence-electron chi connectivity index (χ0n) is 19.5. The van der Waals surface area contributed by atoms with Gasteiger partial charge in [0.1, 0.15) is 0 Å². The predicted molar refractivity (Wildman–Crippen MR) is 129 cm³/mol. The Morgan fingerprint density at radius 3 is 1.47 bits per heavy atom. The lowest BCUT2D eigenvalue weighted by Gasteiger charge is -2.07. The molecule has 0 aliphatic heterocycles. The smallest absolute Gasteiger partial charge is 0.311 e. The first-order chi connectivity index (χ1) is 16.5. The minimum atomic E-state index is -1.74. The Labute approximate surface area is 199 Å². The van der Waals surface area contributed by atoms with Crippen LogP contribution in [0.2, 0.25) is 0 Å². The number of carbonyl (C=O) groups is 1. The van der Waals surface area contributed by atoms with Gasteiger partial charge in [-0.25, -0.2) is 8.78 Å². The van der Waals surface area contributed by atoms with E-state index >= 15 is 0 Å². The van der Waals surface area contributed by atoms with Gasteiger partial charge < -0.3 is 4.74 Å². The van der Waals surface area contributed by atoms with Crippen LogP contribution >= 0.6 is 0 Å². The molecule has 0 fully saturated rings. The van der Waals surface area contributed by atoms with E-state index in [0.717, 1.165) is 32.1 Å². The highest BCUT2D eigenvalue weighted by Crippen LogP contribution is 2.26. The van der Waals surface area contributed by atoms with Crippen molar-refractivity contribution < 1.29 is 27.1 Å². The monoisotopic (exact) mass is 476 g/mol. The van der Waals surface area contributed by atoms with Crippen LogP contribution in [0.4, 0.5) is 17.6 Å². The summed E-state index contributed by atoms with van der Waals surface area (Å²) >= 11 is 0. The Bertz CT molecular complexity index is 899. The molecule has 0 N–H and O–H groups in total. The maximum absolute atomic E-state index is 13.5. The lowest BCUT2D eigenvalue weighted by Crippen LogP contribution is -2.11. The van der Waals surface area contributed by atoms with E-state index in [4.69, 9.17) is 0 Å². The van der Waals surface area contributed by atoms with Crippen LogP contribution in [0.5, 0.6) is 5.75 Å². The summed E-state index contributed by atoms with van der Waals surface area (Å²) in [6.45, 7) is 2.12. The second-order valence-electron chi connectivity index (χ2n) is 7.23. The third kappa shape index (κ3) is 12.8. The van der Waals surface area contributed by atoms with E-state index in [9.17, 15) is 22.4 Å². The molecule has 0 amide bonds. The summed E-state index contributed by atoms with van der Waals surface area (Å²) in [7, 11) is 0. The molecule has 34 heavy (non-hydrogen) atoms. The quantitative estimate of drug-likeness (QED) is 0.0833. The molecule has 1 rings (SSSR count). The average Bonchev–Trinajstić information content (AvgIpc) is 2.82. The van der Waals surface area contributed by atoms with Crippen LogP contribution in [0.1, 0.15) is 58.3 Å². The van der Waals surface area contributed by atoms with Gasteiger partial charge in [0.05, 0.1) is 0 Å². The number of hydrogen-bond acceptors (Lipinski definition) is 2. The number of hydrogen-bond donors (Lipinski definition) is 0. The molecule has 0 unspecified atom stereocenters. The topological polar surface area (TPSA) is 26.3 Å². The molecule has 0 spiro atoms. The summed E-state index contributed by atoms with van der Waals surface area (Å²) in [5.74, 6) is -9.06. The summed E-state index contributed by atoms with van der Waals surface area (Å²) in [5.41, 5.74) is 0. The third-order valence-corrected chi connectivity index (χ3v) is 4.40. The van der Waals surface area contributed by atoms with Gasteiger partial charge in [-0.05, 0) is 44.9 Å². The van der Waals surface area contributed by atoms with Gasteiger partial charge in [0.2, 0.25) is 17.4 Å². The van der Waals surface area contributed by atoms with Gasteiger partial charge in [0.15, 0.2) is 11.6 Å². The summed E-state index contributed by atoms with van der Waals surface area (Å²) in [6.07, 6.45) is 30.1. The average molecular weight is 477 g/mol. The maximum Gasteiger partial charge on any atom is 0.311 e. The number of esters is 1. The molecule has 6 heteroatoms. The van der Waals surface area contributed by atoms with Crippen molar-refractivity contribution in [2.24, 2.45) is 0 Å². The molecule has 2 nitrogen and oxygen atoms in total. The minimum Gasteiger partial charge on any atom is -0.420 e. The first kappa shape index (κ1) is 28.9. The summed E-state index contributed by atoms with van der Waals surface area (Å²) in [6, 6.07) is 0.0548. The molecule has 1 aromatic carbocycles.